The molecule has 0 radical (unpaired) electrons. The molecular formula is C18H27BrFN. The largest absolute Gasteiger partial charge is 0.310 e. The summed E-state index contributed by atoms with van der Waals surface area (Å²) in [5.74, 6) is 0.685. The van der Waals surface area contributed by atoms with Crippen molar-refractivity contribution in [3.05, 3.63) is 34.1 Å². The zero-order chi connectivity index (χ0) is 15.5. The van der Waals surface area contributed by atoms with E-state index in [1.165, 1.54) is 38.2 Å². The second kappa shape index (κ2) is 7.23. The van der Waals surface area contributed by atoms with E-state index in [-0.39, 0.29) is 5.82 Å². The molecule has 0 saturated heterocycles. The maximum Gasteiger partial charge on any atom is 0.123 e. The van der Waals surface area contributed by atoms with Crippen molar-refractivity contribution in [3.8, 4) is 0 Å². The average molecular weight is 356 g/mol. The number of rotatable bonds is 5. The molecule has 0 aromatic heterocycles. The molecule has 1 nitrogen and oxygen atoms in total. The summed E-state index contributed by atoms with van der Waals surface area (Å²) in [5.41, 5.74) is 1.47. The zero-order valence-electron chi connectivity index (χ0n) is 13.4. The van der Waals surface area contributed by atoms with Crippen molar-refractivity contribution in [1.82, 2.24) is 5.32 Å². The standard InChI is InChI=1S/C18H27BrFN/c1-4-18(2,3)14-5-8-16(9-6-14)21-12-13-11-15(20)7-10-17(13)19/h7,10-11,14,16,21H,4-6,8-9,12H2,1-3H3. The van der Waals surface area contributed by atoms with Crippen molar-refractivity contribution >= 4 is 15.9 Å². The fourth-order valence-corrected chi connectivity index (χ4v) is 3.69. The van der Waals surface area contributed by atoms with Gasteiger partial charge in [0.15, 0.2) is 0 Å². The van der Waals surface area contributed by atoms with Gasteiger partial charge in [-0.2, -0.15) is 0 Å². The number of hydrogen-bond donors (Lipinski definition) is 1. The highest BCUT2D eigenvalue weighted by Crippen LogP contribution is 2.40. The van der Waals surface area contributed by atoms with Gasteiger partial charge in [-0.25, -0.2) is 4.39 Å². The number of benzene rings is 1. The Hall–Kier alpha value is -0.410. The van der Waals surface area contributed by atoms with Gasteiger partial charge in [0.2, 0.25) is 0 Å². The molecule has 1 aromatic rings. The molecule has 0 aliphatic heterocycles. The topological polar surface area (TPSA) is 12.0 Å². The minimum absolute atomic E-state index is 0.164. The van der Waals surface area contributed by atoms with Crippen LogP contribution in [-0.4, -0.2) is 6.04 Å². The smallest absolute Gasteiger partial charge is 0.123 e. The Kier molecular flexibility index (Phi) is 5.84. The molecule has 0 heterocycles. The van der Waals surface area contributed by atoms with Crippen LogP contribution in [0.2, 0.25) is 0 Å². The van der Waals surface area contributed by atoms with Crippen LogP contribution in [0.4, 0.5) is 4.39 Å². The van der Waals surface area contributed by atoms with Gasteiger partial charge in [-0.1, -0.05) is 43.1 Å². The first-order valence-corrected chi connectivity index (χ1v) is 8.89. The minimum atomic E-state index is -0.164. The lowest BCUT2D eigenvalue weighted by Gasteiger charge is -2.39. The van der Waals surface area contributed by atoms with Crippen LogP contribution in [0.15, 0.2) is 22.7 Å². The van der Waals surface area contributed by atoms with Gasteiger partial charge in [-0.3, -0.25) is 0 Å². The van der Waals surface area contributed by atoms with E-state index in [4.69, 9.17) is 0 Å². The normalized spacial score (nSPS) is 23.3. The van der Waals surface area contributed by atoms with Gasteiger partial charge in [0.25, 0.3) is 0 Å². The molecule has 0 atom stereocenters. The molecule has 1 aliphatic rings. The minimum Gasteiger partial charge on any atom is -0.310 e. The van der Waals surface area contributed by atoms with Gasteiger partial charge in [0, 0.05) is 17.1 Å². The molecule has 21 heavy (non-hydrogen) atoms. The second-order valence-corrected chi connectivity index (χ2v) is 7.86. The first kappa shape index (κ1) is 17.0. The molecule has 1 aromatic carbocycles. The van der Waals surface area contributed by atoms with E-state index in [1.54, 1.807) is 12.1 Å². The molecule has 3 heteroatoms. The monoisotopic (exact) mass is 355 g/mol. The molecule has 1 saturated carbocycles. The fourth-order valence-electron chi connectivity index (χ4n) is 3.30. The van der Waals surface area contributed by atoms with Gasteiger partial charge < -0.3 is 5.32 Å². The summed E-state index contributed by atoms with van der Waals surface area (Å²) >= 11 is 3.49. The first-order chi connectivity index (χ1) is 9.92. The number of hydrogen-bond acceptors (Lipinski definition) is 1. The van der Waals surface area contributed by atoms with E-state index in [1.807, 2.05) is 0 Å². The average Bonchev–Trinajstić information content (AvgIpc) is 2.48. The molecule has 1 N–H and O–H groups in total. The van der Waals surface area contributed by atoms with Crippen LogP contribution in [0.3, 0.4) is 0 Å². The Balaban J connectivity index is 1.83. The van der Waals surface area contributed by atoms with Crippen molar-refractivity contribution in [1.29, 1.82) is 0 Å². The summed E-state index contributed by atoms with van der Waals surface area (Å²) in [4.78, 5) is 0. The Morgan fingerprint density at radius 3 is 2.52 bits per heavy atom. The number of nitrogens with one attached hydrogen (secondary N) is 1. The summed E-state index contributed by atoms with van der Waals surface area (Å²) in [7, 11) is 0. The van der Waals surface area contributed by atoms with Crippen molar-refractivity contribution in [3.63, 3.8) is 0 Å². The maximum absolute atomic E-state index is 13.3. The SMILES string of the molecule is CCC(C)(C)C1CCC(NCc2cc(F)ccc2Br)CC1. The fraction of sp³-hybridized carbons (Fsp3) is 0.667. The van der Waals surface area contributed by atoms with Crippen LogP contribution in [0.5, 0.6) is 0 Å². The first-order valence-electron chi connectivity index (χ1n) is 8.09. The predicted octanol–water partition coefficient (Wildman–Crippen LogP) is 5.67. The lowest BCUT2D eigenvalue weighted by Crippen LogP contribution is -2.36. The molecule has 0 bridgehead atoms. The van der Waals surface area contributed by atoms with Crippen LogP contribution in [0, 0.1) is 17.2 Å². The zero-order valence-corrected chi connectivity index (χ0v) is 15.0. The van der Waals surface area contributed by atoms with Crippen molar-refractivity contribution in [2.24, 2.45) is 11.3 Å². The highest BCUT2D eigenvalue weighted by molar-refractivity contribution is 9.10. The van der Waals surface area contributed by atoms with Crippen molar-refractivity contribution in [2.45, 2.75) is 65.5 Å². The summed E-state index contributed by atoms with van der Waals surface area (Å²) in [6.07, 6.45) is 6.35. The molecule has 1 aliphatic carbocycles. The molecule has 1 fully saturated rings. The highest BCUT2D eigenvalue weighted by Gasteiger charge is 2.31. The quantitative estimate of drug-likeness (QED) is 0.716. The molecule has 118 valence electrons. The molecule has 0 spiro atoms. The predicted molar refractivity (Wildman–Crippen MR) is 90.8 cm³/mol. The second-order valence-electron chi connectivity index (χ2n) is 7.01. The Labute approximate surface area is 136 Å². The van der Waals surface area contributed by atoms with Crippen molar-refractivity contribution < 1.29 is 4.39 Å². The van der Waals surface area contributed by atoms with Crippen LogP contribution >= 0.6 is 15.9 Å². The number of halogens is 2. The van der Waals surface area contributed by atoms with Gasteiger partial charge in [0.1, 0.15) is 5.82 Å². The third kappa shape index (κ3) is 4.53. The van der Waals surface area contributed by atoms with Gasteiger partial charge >= 0.3 is 0 Å². The van der Waals surface area contributed by atoms with Crippen LogP contribution in [0.25, 0.3) is 0 Å². The van der Waals surface area contributed by atoms with Crippen LogP contribution < -0.4 is 5.32 Å². The van der Waals surface area contributed by atoms with Gasteiger partial charge in [-0.05, 0) is 60.8 Å². The molecular weight excluding hydrogens is 329 g/mol. The van der Waals surface area contributed by atoms with E-state index < -0.39 is 0 Å². The van der Waals surface area contributed by atoms with Gasteiger partial charge in [0.05, 0.1) is 0 Å². The Morgan fingerprint density at radius 1 is 1.24 bits per heavy atom. The van der Waals surface area contributed by atoms with E-state index >= 15 is 0 Å². The highest BCUT2D eigenvalue weighted by atomic mass is 79.9. The van der Waals surface area contributed by atoms with Crippen molar-refractivity contribution in [2.75, 3.05) is 0 Å². The lowest BCUT2D eigenvalue weighted by molar-refractivity contribution is 0.137. The van der Waals surface area contributed by atoms with E-state index in [0.717, 1.165) is 22.5 Å². The molecule has 0 amide bonds. The van der Waals surface area contributed by atoms with E-state index in [2.05, 4.69) is 42.0 Å². The summed E-state index contributed by atoms with van der Waals surface area (Å²) < 4.78 is 14.3. The van der Waals surface area contributed by atoms with Crippen LogP contribution in [0.1, 0.15) is 58.4 Å². The van der Waals surface area contributed by atoms with E-state index in [0.29, 0.717) is 11.5 Å². The molecule has 0 unspecified atom stereocenters. The molecule has 2 rings (SSSR count). The maximum atomic E-state index is 13.3. The third-order valence-corrected chi connectivity index (χ3v) is 6.11. The summed E-state index contributed by atoms with van der Waals surface area (Å²) in [5, 5.41) is 3.60. The lowest BCUT2D eigenvalue weighted by atomic mass is 9.69. The third-order valence-electron chi connectivity index (χ3n) is 5.33. The summed E-state index contributed by atoms with van der Waals surface area (Å²) in [6.45, 7) is 7.83. The Bertz CT molecular complexity index is 464. The summed E-state index contributed by atoms with van der Waals surface area (Å²) in [6, 6.07) is 5.46. The van der Waals surface area contributed by atoms with E-state index in [9.17, 15) is 4.39 Å². The van der Waals surface area contributed by atoms with Gasteiger partial charge in [-0.15, -0.1) is 0 Å². The van der Waals surface area contributed by atoms with Crippen LogP contribution in [-0.2, 0) is 6.54 Å². The Morgan fingerprint density at radius 2 is 1.90 bits per heavy atom.